The van der Waals surface area contributed by atoms with Gasteiger partial charge in [-0.1, -0.05) is 11.8 Å². The van der Waals surface area contributed by atoms with Crippen molar-refractivity contribution in [3.05, 3.63) is 58.7 Å². The van der Waals surface area contributed by atoms with Crippen molar-refractivity contribution in [3.8, 4) is 23.3 Å². The first-order chi connectivity index (χ1) is 11.2. The fourth-order valence-electron chi connectivity index (χ4n) is 2.12. The van der Waals surface area contributed by atoms with Gasteiger partial charge in [0.2, 0.25) is 0 Å². The molecule has 0 amide bonds. The molecule has 1 N–H and O–H groups in total. The maximum atomic E-state index is 11.1. The van der Waals surface area contributed by atoms with Gasteiger partial charge in [0.15, 0.2) is 13.1 Å². The van der Waals surface area contributed by atoms with Gasteiger partial charge < -0.3 is 14.6 Å². The third kappa shape index (κ3) is 4.35. The van der Waals surface area contributed by atoms with Crippen LogP contribution in [-0.2, 0) is 0 Å². The molecule has 2 aromatic rings. The number of hydrogen-bond acceptors (Lipinski definition) is 4. The van der Waals surface area contributed by atoms with E-state index >= 15 is 0 Å². The molecule has 0 atom stereocenters. The Kier molecular flexibility index (Phi) is 5.79. The molecule has 2 rings (SSSR count). The Morgan fingerprint density at radius 1 is 1.09 bits per heavy atom. The average molecular weight is 310 g/mol. The Morgan fingerprint density at radius 3 is 2.39 bits per heavy atom. The number of carbonyl (C=O) groups is 1. The molecule has 0 saturated heterocycles. The molecule has 23 heavy (non-hydrogen) atoms. The van der Waals surface area contributed by atoms with Gasteiger partial charge in [-0.05, 0) is 55.8 Å². The molecule has 0 bridgehead atoms. The summed E-state index contributed by atoms with van der Waals surface area (Å²) >= 11 is 0. The zero-order chi connectivity index (χ0) is 16.7. The van der Waals surface area contributed by atoms with Crippen LogP contribution in [0.2, 0.25) is 0 Å². The number of aldehydes is 1. The van der Waals surface area contributed by atoms with Crippen LogP contribution >= 0.6 is 0 Å². The number of hydrogen-bond donors (Lipinski definition) is 1. The number of rotatable bonds is 5. The molecule has 2 aromatic carbocycles. The molecule has 0 heterocycles. The van der Waals surface area contributed by atoms with Gasteiger partial charge in [0, 0.05) is 11.1 Å². The lowest BCUT2D eigenvalue weighted by molar-refractivity contribution is 0.0958. The Bertz CT molecular complexity index is 736. The number of aryl methyl sites for hydroxylation is 1. The van der Waals surface area contributed by atoms with E-state index in [1.807, 2.05) is 37.3 Å². The third-order valence-corrected chi connectivity index (χ3v) is 3.20. The van der Waals surface area contributed by atoms with Gasteiger partial charge in [0.1, 0.15) is 11.5 Å². The van der Waals surface area contributed by atoms with E-state index in [1.165, 1.54) is 0 Å². The van der Waals surface area contributed by atoms with Crippen LogP contribution in [0, 0.1) is 18.8 Å². The van der Waals surface area contributed by atoms with Crippen LogP contribution in [0.15, 0.2) is 36.4 Å². The predicted molar refractivity (Wildman–Crippen MR) is 87.9 cm³/mol. The lowest BCUT2D eigenvalue weighted by Gasteiger charge is -2.08. The minimum atomic E-state index is -0.490. The summed E-state index contributed by atoms with van der Waals surface area (Å²) in [5, 5.41) is 8.91. The monoisotopic (exact) mass is 310 g/mol. The lowest BCUT2D eigenvalue weighted by Crippen LogP contribution is -2.00. The summed E-state index contributed by atoms with van der Waals surface area (Å²) in [5.74, 6) is 7.23. The summed E-state index contributed by atoms with van der Waals surface area (Å²) in [6, 6.07) is 11.0. The molecule has 0 saturated carbocycles. The maximum absolute atomic E-state index is 11.1. The van der Waals surface area contributed by atoms with E-state index in [2.05, 4.69) is 11.8 Å². The summed E-state index contributed by atoms with van der Waals surface area (Å²) in [6.45, 7) is 3.87. The van der Waals surface area contributed by atoms with Crippen molar-refractivity contribution in [2.24, 2.45) is 0 Å². The zero-order valence-corrected chi connectivity index (χ0v) is 13.1. The van der Waals surface area contributed by atoms with Gasteiger partial charge in [0.25, 0.3) is 0 Å². The van der Waals surface area contributed by atoms with Crippen molar-refractivity contribution in [2.45, 2.75) is 13.8 Å². The highest BCUT2D eigenvalue weighted by molar-refractivity contribution is 5.82. The number of carbonyl (C=O) groups excluding carboxylic acids is 1. The second kappa shape index (κ2) is 8.02. The molecule has 0 aliphatic carbocycles. The van der Waals surface area contributed by atoms with Gasteiger partial charge in [-0.2, -0.15) is 0 Å². The van der Waals surface area contributed by atoms with E-state index in [4.69, 9.17) is 14.6 Å². The van der Waals surface area contributed by atoms with Gasteiger partial charge >= 0.3 is 0 Å². The van der Waals surface area contributed by atoms with Crippen LogP contribution in [0.3, 0.4) is 0 Å². The highest BCUT2D eigenvalue weighted by atomic mass is 16.6. The zero-order valence-electron chi connectivity index (χ0n) is 13.1. The van der Waals surface area contributed by atoms with Crippen molar-refractivity contribution in [3.63, 3.8) is 0 Å². The van der Waals surface area contributed by atoms with Gasteiger partial charge in [0.05, 0.1) is 12.2 Å². The smallest absolute Gasteiger partial charge is 0.186 e. The maximum Gasteiger partial charge on any atom is 0.186 e. The molecule has 0 fully saturated rings. The summed E-state index contributed by atoms with van der Waals surface area (Å²) in [5.41, 5.74) is 2.74. The molecular weight excluding hydrogens is 292 g/mol. The van der Waals surface area contributed by atoms with E-state index in [0.29, 0.717) is 29.8 Å². The van der Waals surface area contributed by atoms with Crippen molar-refractivity contribution >= 4 is 6.29 Å². The highest BCUT2D eigenvalue weighted by Gasteiger charge is 2.08. The number of aliphatic hydroxyl groups excluding tert-OH is 1. The highest BCUT2D eigenvalue weighted by Crippen LogP contribution is 2.22. The van der Waals surface area contributed by atoms with Crippen LogP contribution in [0.1, 0.15) is 34.0 Å². The fraction of sp³-hybridized carbons (Fsp3) is 0.211. The van der Waals surface area contributed by atoms with E-state index in [1.54, 1.807) is 13.0 Å². The minimum absolute atomic E-state index is 0.332. The first-order valence-corrected chi connectivity index (χ1v) is 7.26. The number of benzene rings is 2. The Balaban J connectivity index is 2.28. The first kappa shape index (κ1) is 16.6. The van der Waals surface area contributed by atoms with Gasteiger partial charge in [-0.3, -0.25) is 4.79 Å². The molecule has 0 aliphatic heterocycles. The second-order valence-electron chi connectivity index (χ2n) is 4.80. The fourth-order valence-corrected chi connectivity index (χ4v) is 2.12. The molecule has 4 heteroatoms. The van der Waals surface area contributed by atoms with Crippen LogP contribution in [0.5, 0.6) is 11.5 Å². The van der Waals surface area contributed by atoms with Gasteiger partial charge in [-0.15, -0.1) is 0 Å². The predicted octanol–water partition coefficient (Wildman–Crippen LogP) is 2.93. The standard InChI is InChI=1S/C19H18O4/c1-3-22-17-8-6-15(7-9-17)4-5-16-10-14(2)18(12-20)19(11-16)23-13-21/h6-12,21H,3,13H2,1-2H3. The quantitative estimate of drug-likeness (QED) is 0.524. The second-order valence-corrected chi connectivity index (χ2v) is 4.80. The van der Waals surface area contributed by atoms with E-state index in [9.17, 15) is 4.79 Å². The van der Waals surface area contributed by atoms with Gasteiger partial charge in [-0.25, -0.2) is 0 Å². The normalized spacial score (nSPS) is 9.70. The topological polar surface area (TPSA) is 55.8 Å². The van der Waals surface area contributed by atoms with E-state index < -0.39 is 6.79 Å². The lowest BCUT2D eigenvalue weighted by atomic mass is 10.0. The Labute approximate surface area is 135 Å². The largest absolute Gasteiger partial charge is 0.494 e. The van der Waals surface area contributed by atoms with Crippen molar-refractivity contribution < 1.29 is 19.4 Å². The van der Waals surface area contributed by atoms with Crippen molar-refractivity contribution in [2.75, 3.05) is 13.4 Å². The summed E-state index contributed by atoms with van der Waals surface area (Å²) in [7, 11) is 0. The van der Waals surface area contributed by atoms with Crippen LogP contribution in [0.25, 0.3) is 0 Å². The van der Waals surface area contributed by atoms with Crippen LogP contribution in [0.4, 0.5) is 0 Å². The van der Waals surface area contributed by atoms with Crippen LogP contribution in [-0.4, -0.2) is 24.8 Å². The molecule has 0 spiro atoms. The summed E-state index contributed by atoms with van der Waals surface area (Å²) in [6.07, 6.45) is 0.712. The summed E-state index contributed by atoms with van der Waals surface area (Å²) in [4.78, 5) is 11.1. The SMILES string of the molecule is CCOc1ccc(C#Cc2cc(C)c(C=O)c(OCO)c2)cc1. The van der Waals surface area contributed by atoms with Crippen molar-refractivity contribution in [1.82, 2.24) is 0 Å². The number of aliphatic hydroxyl groups is 1. The van der Waals surface area contributed by atoms with Crippen molar-refractivity contribution in [1.29, 1.82) is 0 Å². The summed E-state index contributed by atoms with van der Waals surface area (Å²) < 4.78 is 10.5. The average Bonchev–Trinajstić information content (AvgIpc) is 2.55. The molecule has 0 unspecified atom stereocenters. The third-order valence-electron chi connectivity index (χ3n) is 3.20. The minimum Gasteiger partial charge on any atom is -0.494 e. The first-order valence-electron chi connectivity index (χ1n) is 7.26. The molecule has 0 radical (unpaired) electrons. The molecule has 4 nitrogen and oxygen atoms in total. The molecule has 0 aliphatic rings. The number of ether oxygens (including phenoxy) is 2. The van der Waals surface area contributed by atoms with E-state index in [-0.39, 0.29) is 0 Å². The molecular formula is C19H18O4. The Morgan fingerprint density at radius 2 is 1.78 bits per heavy atom. The molecule has 118 valence electrons. The molecule has 0 aromatic heterocycles. The Hall–Kier alpha value is -2.77. The van der Waals surface area contributed by atoms with E-state index in [0.717, 1.165) is 16.9 Å². The van der Waals surface area contributed by atoms with Crippen LogP contribution < -0.4 is 9.47 Å².